The van der Waals surface area contributed by atoms with Gasteiger partial charge in [0.15, 0.2) is 0 Å². The van der Waals surface area contributed by atoms with E-state index in [9.17, 15) is 18.3 Å². The third-order valence-corrected chi connectivity index (χ3v) is 5.83. The molecule has 1 aliphatic heterocycles. The Balaban J connectivity index is 2.18. The molecule has 0 spiro atoms. The number of hydrogen-bond acceptors (Lipinski definition) is 5. The van der Waals surface area contributed by atoms with Gasteiger partial charge in [0.1, 0.15) is 17.2 Å². The van der Waals surface area contributed by atoms with Crippen molar-refractivity contribution in [3.8, 4) is 0 Å². The lowest BCUT2D eigenvalue weighted by Gasteiger charge is -2.38. The number of carbonyl (C=O) groups is 1. The zero-order valence-corrected chi connectivity index (χ0v) is 13.0. The van der Waals surface area contributed by atoms with Crippen LogP contribution in [0.25, 0.3) is 0 Å². The highest BCUT2D eigenvalue weighted by molar-refractivity contribution is 7.88. The SMILES string of the molecule is CCC1(C(=O)O)CCCN(S(=O)(=O)Cc2cc(C)on2)C1. The average Bonchev–Trinajstić information content (AvgIpc) is 2.83. The standard InChI is InChI=1S/C13H20N2O5S/c1-3-13(12(16)17)5-4-6-15(9-13)21(18,19)8-11-7-10(2)20-14-11/h7H,3-6,8-9H2,1-2H3,(H,16,17). The molecular formula is C13H20N2O5S. The van der Waals surface area contributed by atoms with Gasteiger partial charge in [0, 0.05) is 19.2 Å². The van der Waals surface area contributed by atoms with Gasteiger partial charge in [-0.1, -0.05) is 12.1 Å². The van der Waals surface area contributed by atoms with E-state index in [0.29, 0.717) is 37.3 Å². The summed E-state index contributed by atoms with van der Waals surface area (Å²) in [6, 6.07) is 1.58. The minimum absolute atomic E-state index is 0.0258. The fraction of sp³-hybridized carbons (Fsp3) is 0.692. The number of carboxylic acid groups (broad SMARTS) is 1. The lowest BCUT2D eigenvalue weighted by Crippen LogP contribution is -2.49. The summed E-state index contributed by atoms with van der Waals surface area (Å²) in [6.07, 6.45) is 1.47. The van der Waals surface area contributed by atoms with Crippen LogP contribution in [0.4, 0.5) is 0 Å². The van der Waals surface area contributed by atoms with Gasteiger partial charge >= 0.3 is 5.97 Å². The van der Waals surface area contributed by atoms with Crippen molar-refractivity contribution in [1.82, 2.24) is 9.46 Å². The number of sulfonamides is 1. The zero-order valence-electron chi connectivity index (χ0n) is 12.2. The Morgan fingerprint density at radius 1 is 1.57 bits per heavy atom. The summed E-state index contributed by atoms with van der Waals surface area (Å²) < 4.78 is 31.0. The van der Waals surface area contributed by atoms with Gasteiger partial charge in [-0.15, -0.1) is 0 Å². The van der Waals surface area contributed by atoms with E-state index in [2.05, 4.69) is 5.16 Å². The maximum atomic E-state index is 12.4. The molecule has 0 aromatic carbocycles. The summed E-state index contributed by atoms with van der Waals surface area (Å²) in [5, 5.41) is 13.1. The van der Waals surface area contributed by atoms with Crippen LogP contribution in [0.15, 0.2) is 10.6 Å². The number of carboxylic acids is 1. The van der Waals surface area contributed by atoms with Crippen LogP contribution < -0.4 is 0 Å². The lowest BCUT2D eigenvalue weighted by molar-refractivity contribution is -0.151. The molecule has 2 heterocycles. The first-order valence-corrected chi connectivity index (χ1v) is 8.53. The largest absolute Gasteiger partial charge is 0.481 e. The molecule has 1 saturated heterocycles. The normalized spacial score (nSPS) is 24.1. The first-order valence-electron chi connectivity index (χ1n) is 6.92. The minimum atomic E-state index is -3.59. The number of aliphatic carboxylic acids is 1. The molecule has 21 heavy (non-hydrogen) atoms. The van der Waals surface area contributed by atoms with E-state index in [0.717, 1.165) is 0 Å². The van der Waals surface area contributed by atoms with Crippen molar-refractivity contribution in [2.45, 2.75) is 38.9 Å². The third-order valence-electron chi connectivity index (χ3n) is 4.07. The molecule has 1 N–H and O–H groups in total. The van der Waals surface area contributed by atoms with Crippen molar-refractivity contribution in [1.29, 1.82) is 0 Å². The molecule has 0 bridgehead atoms. The second kappa shape index (κ2) is 5.76. The summed E-state index contributed by atoms with van der Waals surface area (Å²) in [5.74, 6) is -0.640. The molecular weight excluding hydrogens is 296 g/mol. The molecule has 1 unspecified atom stereocenters. The Kier molecular flexibility index (Phi) is 4.38. The highest BCUT2D eigenvalue weighted by Gasteiger charge is 2.44. The van der Waals surface area contributed by atoms with Crippen LogP contribution in [0.1, 0.15) is 37.6 Å². The van der Waals surface area contributed by atoms with E-state index < -0.39 is 21.4 Å². The first-order chi connectivity index (χ1) is 9.79. The Bertz CT molecular complexity index is 624. The molecule has 7 nitrogen and oxygen atoms in total. The second-order valence-corrected chi connectivity index (χ2v) is 7.53. The number of rotatable bonds is 5. The molecule has 1 aliphatic rings. The number of aryl methyl sites for hydroxylation is 1. The number of piperidine rings is 1. The van der Waals surface area contributed by atoms with Crippen molar-refractivity contribution in [2.75, 3.05) is 13.1 Å². The topological polar surface area (TPSA) is 101 Å². The minimum Gasteiger partial charge on any atom is -0.481 e. The Labute approximate surface area is 124 Å². The van der Waals surface area contributed by atoms with Gasteiger partial charge < -0.3 is 9.63 Å². The van der Waals surface area contributed by atoms with Crippen LogP contribution in [0, 0.1) is 12.3 Å². The average molecular weight is 316 g/mol. The highest BCUT2D eigenvalue weighted by atomic mass is 32.2. The molecule has 1 atom stereocenters. The molecule has 118 valence electrons. The van der Waals surface area contributed by atoms with Crippen molar-refractivity contribution in [3.63, 3.8) is 0 Å². The number of hydrogen-bond donors (Lipinski definition) is 1. The Morgan fingerprint density at radius 2 is 2.29 bits per heavy atom. The van der Waals surface area contributed by atoms with E-state index >= 15 is 0 Å². The maximum absolute atomic E-state index is 12.4. The van der Waals surface area contributed by atoms with Crippen LogP contribution in [0.3, 0.4) is 0 Å². The lowest BCUT2D eigenvalue weighted by atomic mass is 9.78. The van der Waals surface area contributed by atoms with Gasteiger partial charge in [-0.3, -0.25) is 4.79 Å². The van der Waals surface area contributed by atoms with E-state index in [4.69, 9.17) is 4.52 Å². The van der Waals surface area contributed by atoms with E-state index in [1.807, 2.05) is 0 Å². The van der Waals surface area contributed by atoms with Gasteiger partial charge in [-0.2, -0.15) is 0 Å². The van der Waals surface area contributed by atoms with Crippen LogP contribution in [-0.4, -0.2) is 42.0 Å². The summed E-state index contributed by atoms with van der Waals surface area (Å²) in [4.78, 5) is 11.5. The predicted octanol–water partition coefficient (Wildman–Crippen LogP) is 1.39. The smallest absolute Gasteiger partial charge is 0.310 e. The monoisotopic (exact) mass is 316 g/mol. The van der Waals surface area contributed by atoms with Crippen molar-refractivity contribution >= 4 is 16.0 Å². The van der Waals surface area contributed by atoms with E-state index in [-0.39, 0.29) is 12.3 Å². The van der Waals surface area contributed by atoms with Crippen LogP contribution in [0.2, 0.25) is 0 Å². The quantitative estimate of drug-likeness (QED) is 0.881. The molecule has 0 radical (unpaired) electrons. The number of aromatic nitrogens is 1. The van der Waals surface area contributed by atoms with Gasteiger partial charge in [0.05, 0.1) is 5.41 Å². The Morgan fingerprint density at radius 3 is 2.81 bits per heavy atom. The molecule has 0 saturated carbocycles. The Hall–Kier alpha value is -1.41. The molecule has 8 heteroatoms. The van der Waals surface area contributed by atoms with Crippen LogP contribution in [0.5, 0.6) is 0 Å². The van der Waals surface area contributed by atoms with Gasteiger partial charge in [0.2, 0.25) is 10.0 Å². The molecule has 0 aliphatic carbocycles. The first kappa shape index (κ1) is 16.0. The van der Waals surface area contributed by atoms with Crippen molar-refractivity contribution in [2.24, 2.45) is 5.41 Å². The fourth-order valence-electron chi connectivity index (χ4n) is 2.71. The summed E-state index contributed by atoms with van der Waals surface area (Å²) in [7, 11) is -3.59. The fourth-order valence-corrected chi connectivity index (χ4v) is 4.25. The van der Waals surface area contributed by atoms with Gasteiger partial charge in [-0.05, 0) is 26.2 Å². The maximum Gasteiger partial charge on any atom is 0.310 e. The van der Waals surface area contributed by atoms with Crippen LogP contribution in [-0.2, 0) is 20.6 Å². The van der Waals surface area contributed by atoms with E-state index in [1.54, 1.807) is 19.9 Å². The summed E-state index contributed by atoms with van der Waals surface area (Å²) in [6.45, 7) is 3.86. The zero-order chi connectivity index (χ0) is 15.7. The summed E-state index contributed by atoms with van der Waals surface area (Å²) >= 11 is 0. The van der Waals surface area contributed by atoms with Crippen molar-refractivity contribution in [3.05, 3.63) is 17.5 Å². The number of nitrogens with zero attached hydrogens (tertiary/aromatic N) is 2. The molecule has 1 aromatic heterocycles. The van der Waals surface area contributed by atoms with Crippen LogP contribution >= 0.6 is 0 Å². The molecule has 0 amide bonds. The predicted molar refractivity (Wildman–Crippen MR) is 75.0 cm³/mol. The van der Waals surface area contributed by atoms with Gasteiger partial charge in [-0.25, -0.2) is 12.7 Å². The van der Waals surface area contributed by atoms with E-state index in [1.165, 1.54) is 4.31 Å². The second-order valence-electron chi connectivity index (χ2n) is 5.56. The van der Waals surface area contributed by atoms with Gasteiger partial charge in [0.25, 0.3) is 0 Å². The third kappa shape index (κ3) is 3.26. The molecule has 2 rings (SSSR count). The highest BCUT2D eigenvalue weighted by Crippen LogP contribution is 2.35. The summed E-state index contributed by atoms with van der Waals surface area (Å²) in [5.41, 5.74) is -0.638. The molecule has 1 fully saturated rings. The molecule has 1 aromatic rings. The van der Waals surface area contributed by atoms with Crippen molar-refractivity contribution < 1.29 is 22.8 Å².